The quantitative estimate of drug-likeness (QED) is 0.348. The van der Waals surface area contributed by atoms with Crippen molar-refractivity contribution in [2.24, 2.45) is 0 Å². The lowest BCUT2D eigenvalue weighted by Gasteiger charge is -2.15. The summed E-state index contributed by atoms with van der Waals surface area (Å²) in [6, 6.07) is 17.2. The summed E-state index contributed by atoms with van der Waals surface area (Å²) in [5, 5.41) is 3.75. The van der Waals surface area contributed by atoms with Crippen LogP contribution in [0.3, 0.4) is 0 Å². The van der Waals surface area contributed by atoms with Crippen molar-refractivity contribution in [3.05, 3.63) is 88.2 Å². The number of benzene rings is 3. The van der Waals surface area contributed by atoms with Crippen LogP contribution in [0, 0.1) is 5.82 Å². The average molecular weight is 540 g/mol. The third kappa shape index (κ3) is 5.49. The van der Waals surface area contributed by atoms with Gasteiger partial charge in [0.1, 0.15) is 11.4 Å². The van der Waals surface area contributed by atoms with Crippen molar-refractivity contribution in [3.63, 3.8) is 0 Å². The highest BCUT2D eigenvalue weighted by atomic mass is 79.9. The summed E-state index contributed by atoms with van der Waals surface area (Å²) >= 11 is 3.38. The van der Waals surface area contributed by atoms with E-state index < -0.39 is 30.1 Å². The first-order valence-corrected chi connectivity index (χ1v) is 11.1. The van der Waals surface area contributed by atoms with Crippen LogP contribution in [0.5, 0.6) is 11.5 Å². The second-order valence-corrected chi connectivity index (χ2v) is 8.26. The number of amides is 3. The SMILES string of the molecule is COc1cc(Br)cc(/C=C2\C(=O)NN(c3ccccc3)C2=O)c1OCC(=O)Nc1ccc(F)cc1. The van der Waals surface area contributed by atoms with Crippen LogP contribution in [0.4, 0.5) is 15.8 Å². The predicted molar refractivity (Wildman–Crippen MR) is 131 cm³/mol. The molecule has 1 saturated heterocycles. The number of para-hydroxylation sites is 1. The third-order valence-electron chi connectivity index (χ3n) is 4.95. The third-order valence-corrected chi connectivity index (χ3v) is 5.41. The van der Waals surface area contributed by atoms with Gasteiger partial charge in [-0.1, -0.05) is 34.1 Å². The van der Waals surface area contributed by atoms with Crippen LogP contribution in [0.25, 0.3) is 6.08 Å². The van der Waals surface area contributed by atoms with E-state index in [0.29, 0.717) is 21.4 Å². The number of nitrogens with zero attached hydrogens (tertiary/aromatic N) is 1. The Labute approximate surface area is 208 Å². The number of carbonyl (C=O) groups excluding carboxylic acids is 3. The molecule has 178 valence electrons. The van der Waals surface area contributed by atoms with Crippen molar-refractivity contribution in [1.82, 2.24) is 5.43 Å². The van der Waals surface area contributed by atoms with Crippen LogP contribution in [0.2, 0.25) is 0 Å². The normalized spacial score (nSPS) is 14.1. The van der Waals surface area contributed by atoms with Crippen molar-refractivity contribution in [3.8, 4) is 11.5 Å². The zero-order valence-electron chi connectivity index (χ0n) is 18.4. The molecule has 1 fully saturated rings. The maximum absolute atomic E-state index is 13.1. The molecule has 3 aromatic rings. The van der Waals surface area contributed by atoms with Crippen molar-refractivity contribution in [2.45, 2.75) is 0 Å². The van der Waals surface area contributed by atoms with Gasteiger partial charge in [0.25, 0.3) is 17.7 Å². The van der Waals surface area contributed by atoms with Gasteiger partial charge in [0.2, 0.25) is 0 Å². The summed E-state index contributed by atoms with van der Waals surface area (Å²) < 4.78 is 24.8. The fraction of sp³-hybridized carbons (Fsp3) is 0.0800. The first kappa shape index (κ1) is 24.0. The molecular weight excluding hydrogens is 521 g/mol. The molecule has 0 spiro atoms. The van der Waals surface area contributed by atoms with E-state index in [4.69, 9.17) is 9.47 Å². The Morgan fingerprint density at radius 2 is 1.83 bits per heavy atom. The Kier molecular flexibility index (Phi) is 7.11. The highest BCUT2D eigenvalue weighted by Gasteiger charge is 2.34. The number of hydrogen-bond acceptors (Lipinski definition) is 5. The molecular formula is C25H19BrFN3O5. The zero-order valence-corrected chi connectivity index (χ0v) is 20.0. The van der Waals surface area contributed by atoms with Gasteiger partial charge in [-0.05, 0) is 54.6 Å². The summed E-state index contributed by atoms with van der Waals surface area (Å²) in [6.07, 6.45) is 1.38. The van der Waals surface area contributed by atoms with Crippen molar-refractivity contribution in [2.75, 3.05) is 24.0 Å². The standard InChI is InChI=1S/C25H19BrFN3O5/c1-34-21-13-16(26)11-15(23(21)35-14-22(31)28-18-9-7-17(27)8-10-18)12-20-24(32)29-30(25(20)33)19-5-3-2-4-6-19/h2-13H,14H2,1H3,(H,28,31)(H,29,32)/b20-12+. The number of hydrogen-bond donors (Lipinski definition) is 2. The van der Waals surface area contributed by atoms with Crippen LogP contribution in [-0.2, 0) is 14.4 Å². The molecule has 1 aliphatic rings. The smallest absolute Gasteiger partial charge is 0.282 e. The second-order valence-electron chi connectivity index (χ2n) is 7.35. The van der Waals surface area contributed by atoms with E-state index >= 15 is 0 Å². The highest BCUT2D eigenvalue weighted by Crippen LogP contribution is 2.37. The molecule has 0 radical (unpaired) electrons. The summed E-state index contributed by atoms with van der Waals surface area (Å²) in [4.78, 5) is 37.9. The Balaban J connectivity index is 1.59. The molecule has 0 aliphatic carbocycles. The van der Waals surface area contributed by atoms with Crippen LogP contribution in [0.15, 0.2) is 76.8 Å². The summed E-state index contributed by atoms with van der Waals surface area (Å²) in [5.74, 6) is -1.60. The molecule has 0 aromatic heterocycles. The number of rotatable bonds is 7. The summed E-state index contributed by atoms with van der Waals surface area (Å²) in [7, 11) is 1.43. The molecule has 1 heterocycles. The second kappa shape index (κ2) is 10.4. The minimum absolute atomic E-state index is 0.116. The largest absolute Gasteiger partial charge is 0.493 e. The van der Waals surface area contributed by atoms with Gasteiger partial charge in [-0.3, -0.25) is 19.8 Å². The summed E-state index contributed by atoms with van der Waals surface area (Å²) in [5.41, 5.74) is 3.68. The van der Waals surface area contributed by atoms with Crippen LogP contribution >= 0.6 is 15.9 Å². The van der Waals surface area contributed by atoms with Gasteiger partial charge in [-0.25, -0.2) is 9.40 Å². The Hall–Kier alpha value is -4.18. The molecule has 8 nitrogen and oxygen atoms in total. The van der Waals surface area contributed by atoms with Crippen molar-refractivity contribution in [1.29, 1.82) is 0 Å². The molecule has 10 heteroatoms. The average Bonchev–Trinajstić information content (AvgIpc) is 3.13. The fourth-order valence-electron chi connectivity index (χ4n) is 3.34. The first-order chi connectivity index (χ1) is 16.9. The van der Waals surface area contributed by atoms with E-state index in [2.05, 4.69) is 26.7 Å². The maximum atomic E-state index is 13.1. The number of carbonyl (C=O) groups is 3. The predicted octanol–water partition coefficient (Wildman–Crippen LogP) is 4.08. The summed E-state index contributed by atoms with van der Waals surface area (Å²) in [6.45, 7) is -0.401. The van der Waals surface area contributed by atoms with Crippen molar-refractivity contribution < 1.29 is 28.2 Å². The molecule has 1 aliphatic heterocycles. The lowest BCUT2D eigenvalue weighted by Crippen LogP contribution is -2.35. The maximum Gasteiger partial charge on any atom is 0.282 e. The van der Waals surface area contributed by atoms with Gasteiger partial charge < -0.3 is 14.8 Å². The van der Waals surface area contributed by atoms with Gasteiger partial charge in [0, 0.05) is 15.7 Å². The molecule has 0 saturated carbocycles. The Morgan fingerprint density at radius 1 is 1.11 bits per heavy atom. The van der Waals surface area contributed by atoms with E-state index in [0.717, 1.165) is 5.01 Å². The Bertz CT molecular complexity index is 1310. The van der Waals surface area contributed by atoms with Gasteiger partial charge in [0.05, 0.1) is 12.8 Å². The minimum atomic E-state index is -0.585. The monoisotopic (exact) mass is 539 g/mol. The molecule has 35 heavy (non-hydrogen) atoms. The van der Waals surface area contributed by atoms with Gasteiger partial charge in [-0.15, -0.1) is 0 Å². The van der Waals surface area contributed by atoms with Crippen LogP contribution in [-0.4, -0.2) is 31.4 Å². The number of halogens is 2. The Morgan fingerprint density at radius 3 is 2.51 bits per heavy atom. The topological polar surface area (TPSA) is 97.0 Å². The lowest BCUT2D eigenvalue weighted by atomic mass is 10.1. The van der Waals surface area contributed by atoms with E-state index in [-0.39, 0.29) is 17.1 Å². The number of ether oxygens (including phenoxy) is 2. The minimum Gasteiger partial charge on any atom is -0.493 e. The van der Waals surface area contributed by atoms with E-state index in [1.165, 1.54) is 37.5 Å². The van der Waals surface area contributed by atoms with Crippen LogP contribution < -0.4 is 25.2 Å². The van der Waals surface area contributed by atoms with Crippen LogP contribution in [0.1, 0.15) is 5.56 Å². The number of methoxy groups -OCH3 is 1. The van der Waals surface area contributed by atoms with E-state index in [1.54, 1.807) is 42.5 Å². The van der Waals surface area contributed by atoms with Gasteiger partial charge in [0.15, 0.2) is 18.1 Å². The molecule has 0 bridgehead atoms. The molecule has 2 N–H and O–H groups in total. The molecule has 0 unspecified atom stereocenters. The number of anilines is 2. The van der Waals surface area contributed by atoms with E-state index in [1.807, 2.05) is 0 Å². The number of hydrazine groups is 1. The van der Waals surface area contributed by atoms with Gasteiger partial charge >= 0.3 is 0 Å². The molecule has 3 aromatic carbocycles. The number of nitrogens with one attached hydrogen (secondary N) is 2. The zero-order chi connectivity index (χ0) is 24.9. The highest BCUT2D eigenvalue weighted by molar-refractivity contribution is 9.10. The van der Waals surface area contributed by atoms with Gasteiger partial charge in [-0.2, -0.15) is 0 Å². The fourth-order valence-corrected chi connectivity index (χ4v) is 3.80. The first-order valence-electron chi connectivity index (χ1n) is 10.3. The lowest BCUT2D eigenvalue weighted by molar-refractivity contribution is -0.118. The van der Waals surface area contributed by atoms with E-state index in [9.17, 15) is 18.8 Å². The van der Waals surface area contributed by atoms with Crippen molar-refractivity contribution >= 4 is 51.1 Å². The molecule has 3 amide bonds. The molecule has 4 rings (SSSR count). The molecule has 0 atom stereocenters.